The molecule has 0 saturated heterocycles. The predicted molar refractivity (Wildman–Crippen MR) is 74.7 cm³/mol. The molecule has 19 heavy (non-hydrogen) atoms. The molecule has 0 atom stereocenters. The van der Waals surface area contributed by atoms with Crippen LogP contribution < -0.4 is 10.6 Å². The highest BCUT2D eigenvalue weighted by Gasteiger charge is 2.18. The number of carbonyl (C=O) groups excluding carboxylic acids is 1. The number of hydrogen-bond donors (Lipinski definition) is 1. The van der Waals surface area contributed by atoms with E-state index in [1.165, 1.54) is 0 Å². The first-order valence-corrected chi connectivity index (χ1v) is 6.31. The Morgan fingerprint density at radius 2 is 2.05 bits per heavy atom. The fraction of sp³-hybridized carbons (Fsp3) is 0.267. The van der Waals surface area contributed by atoms with Gasteiger partial charge in [-0.15, -0.1) is 0 Å². The largest absolute Gasteiger partial charge is 0.467 e. The van der Waals surface area contributed by atoms with Gasteiger partial charge in [-0.1, -0.05) is 18.2 Å². The van der Waals surface area contributed by atoms with E-state index in [1.807, 2.05) is 43.3 Å². The van der Waals surface area contributed by atoms with Crippen LogP contribution in [0.1, 0.15) is 17.7 Å². The fourth-order valence-corrected chi connectivity index (χ4v) is 1.99. The van der Waals surface area contributed by atoms with Crippen LogP contribution in [0.4, 0.5) is 5.69 Å². The highest BCUT2D eigenvalue weighted by Crippen LogP contribution is 2.22. The lowest BCUT2D eigenvalue weighted by atomic mass is 10.1. The maximum atomic E-state index is 12.2. The number of benzene rings is 1. The molecule has 2 aromatic rings. The average molecular weight is 258 g/mol. The molecule has 0 aliphatic rings. The third-order valence-corrected chi connectivity index (χ3v) is 2.96. The van der Waals surface area contributed by atoms with Gasteiger partial charge in [-0.3, -0.25) is 4.79 Å². The molecule has 1 heterocycles. The van der Waals surface area contributed by atoms with Crippen LogP contribution in [0.2, 0.25) is 0 Å². The van der Waals surface area contributed by atoms with Crippen molar-refractivity contribution in [1.29, 1.82) is 0 Å². The number of amides is 1. The molecule has 0 saturated carbocycles. The van der Waals surface area contributed by atoms with Gasteiger partial charge in [0, 0.05) is 18.7 Å². The van der Waals surface area contributed by atoms with Crippen LogP contribution in [0.15, 0.2) is 47.1 Å². The second-order valence-electron chi connectivity index (χ2n) is 4.38. The van der Waals surface area contributed by atoms with Gasteiger partial charge in [-0.25, -0.2) is 0 Å². The first kappa shape index (κ1) is 13.4. The molecule has 1 aromatic heterocycles. The predicted octanol–water partition coefficient (Wildman–Crippen LogP) is 2.47. The Bertz CT molecular complexity index is 535. The number of hydrogen-bond acceptors (Lipinski definition) is 3. The summed E-state index contributed by atoms with van der Waals surface area (Å²) < 4.78 is 5.33. The number of nitrogens with zero attached hydrogens (tertiary/aromatic N) is 1. The van der Waals surface area contributed by atoms with Crippen LogP contribution in [0.5, 0.6) is 0 Å². The van der Waals surface area contributed by atoms with Crippen molar-refractivity contribution in [2.75, 3.05) is 11.4 Å². The van der Waals surface area contributed by atoms with Gasteiger partial charge < -0.3 is 15.1 Å². The summed E-state index contributed by atoms with van der Waals surface area (Å²) in [5.41, 5.74) is 7.44. The van der Waals surface area contributed by atoms with Crippen LogP contribution in [-0.2, 0) is 11.3 Å². The average Bonchev–Trinajstić information content (AvgIpc) is 2.90. The Morgan fingerprint density at radius 1 is 1.26 bits per heavy atom. The van der Waals surface area contributed by atoms with E-state index in [0.29, 0.717) is 19.5 Å². The van der Waals surface area contributed by atoms with Gasteiger partial charge in [0.2, 0.25) is 5.91 Å². The van der Waals surface area contributed by atoms with E-state index in [0.717, 1.165) is 17.0 Å². The molecule has 100 valence electrons. The summed E-state index contributed by atoms with van der Waals surface area (Å²) in [4.78, 5) is 13.9. The Labute approximate surface area is 112 Å². The molecule has 0 aliphatic heterocycles. The molecule has 0 unspecified atom stereocenters. The lowest BCUT2D eigenvalue weighted by molar-refractivity contribution is -0.118. The van der Waals surface area contributed by atoms with Gasteiger partial charge in [0.15, 0.2) is 0 Å². The topological polar surface area (TPSA) is 59.5 Å². The number of carbonyl (C=O) groups is 1. The molecule has 0 spiro atoms. The smallest absolute Gasteiger partial charge is 0.228 e. The number of anilines is 1. The van der Waals surface area contributed by atoms with Gasteiger partial charge in [0.1, 0.15) is 5.76 Å². The van der Waals surface area contributed by atoms with Crippen LogP contribution in [-0.4, -0.2) is 12.5 Å². The summed E-state index contributed by atoms with van der Waals surface area (Å²) in [7, 11) is 0. The van der Waals surface area contributed by atoms with Gasteiger partial charge in [0.25, 0.3) is 0 Å². The van der Waals surface area contributed by atoms with Crippen molar-refractivity contribution in [3.8, 4) is 0 Å². The number of para-hydroxylation sites is 1. The van der Waals surface area contributed by atoms with Crippen molar-refractivity contribution in [3.63, 3.8) is 0 Å². The van der Waals surface area contributed by atoms with Gasteiger partial charge >= 0.3 is 0 Å². The normalized spacial score (nSPS) is 10.4. The molecule has 2 N–H and O–H groups in total. The van der Waals surface area contributed by atoms with E-state index in [4.69, 9.17) is 10.2 Å². The van der Waals surface area contributed by atoms with E-state index in [1.54, 1.807) is 11.2 Å². The molecule has 0 aliphatic carbocycles. The summed E-state index contributed by atoms with van der Waals surface area (Å²) in [6.07, 6.45) is 1.94. The Hall–Kier alpha value is -2.07. The molecular weight excluding hydrogens is 240 g/mol. The SMILES string of the molecule is Cc1ccccc1N(Cc1ccco1)C(=O)CCN. The quantitative estimate of drug-likeness (QED) is 0.896. The van der Waals surface area contributed by atoms with Crippen LogP contribution in [0, 0.1) is 6.92 Å². The van der Waals surface area contributed by atoms with E-state index >= 15 is 0 Å². The number of furan rings is 1. The first-order chi connectivity index (χ1) is 9.22. The van der Waals surface area contributed by atoms with E-state index < -0.39 is 0 Å². The standard InChI is InChI=1S/C15H18N2O2/c1-12-5-2-3-7-14(12)17(15(18)8-9-16)11-13-6-4-10-19-13/h2-7,10H,8-9,11,16H2,1H3. The summed E-state index contributed by atoms with van der Waals surface area (Å²) in [6.45, 7) is 2.76. The molecule has 2 rings (SSSR count). The second kappa shape index (κ2) is 6.20. The zero-order valence-electron chi connectivity index (χ0n) is 11.0. The molecule has 0 radical (unpaired) electrons. The molecule has 4 nitrogen and oxygen atoms in total. The zero-order valence-corrected chi connectivity index (χ0v) is 11.0. The molecule has 4 heteroatoms. The van der Waals surface area contributed by atoms with Gasteiger partial charge in [0.05, 0.1) is 12.8 Å². The molecule has 1 aromatic carbocycles. The van der Waals surface area contributed by atoms with Crippen LogP contribution in [0.3, 0.4) is 0 Å². The maximum absolute atomic E-state index is 12.2. The molecule has 1 amide bonds. The Balaban J connectivity index is 2.29. The Kier molecular flexibility index (Phi) is 4.36. The lowest BCUT2D eigenvalue weighted by Gasteiger charge is -2.23. The zero-order chi connectivity index (χ0) is 13.7. The van der Waals surface area contributed by atoms with Crippen LogP contribution >= 0.6 is 0 Å². The molecular formula is C15H18N2O2. The van der Waals surface area contributed by atoms with Crippen molar-refractivity contribution in [1.82, 2.24) is 0 Å². The lowest BCUT2D eigenvalue weighted by Crippen LogP contribution is -2.32. The third-order valence-electron chi connectivity index (χ3n) is 2.96. The van der Waals surface area contributed by atoms with Crippen molar-refractivity contribution in [2.45, 2.75) is 19.9 Å². The van der Waals surface area contributed by atoms with E-state index in [9.17, 15) is 4.79 Å². The highest BCUT2D eigenvalue weighted by atomic mass is 16.3. The van der Waals surface area contributed by atoms with Crippen molar-refractivity contribution < 1.29 is 9.21 Å². The van der Waals surface area contributed by atoms with Crippen LogP contribution in [0.25, 0.3) is 0 Å². The minimum atomic E-state index is 0.00759. The van der Waals surface area contributed by atoms with Crippen molar-refractivity contribution in [3.05, 3.63) is 54.0 Å². The van der Waals surface area contributed by atoms with E-state index in [-0.39, 0.29) is 5.91 Å². The van der Waals surface area contributed by atoms with E-state index in [2.05, 4.69) is 0 Å². The van der Waals surface area contributed by atoms with Crippen molar-refractivity contribution >= 4 is 11.6 Å². The monoisotopic (exact) mass is 258 g/mol. The number of aryl methyl sites for hydroxylation is 1. The van der Waals surface area contributed by atoms with Gasteiger partial charge in [-0.2, -0.15) is 0 Å². The summed E-state index contributed by atoms with van der Waals surface area (Å²) in [6, 6.07) is 11.5. The Morgan fingerprint density at radius 3 is 2.68 bits per heavy atom. The first-order valence-electron chi connectivity index (χ1n) is 6.31. The summed E-state index contributed by atoms with van der Waals surface area (Å²) in [5, 5.41) is 0. The molecule has 0 fully saturated rings. The minimum Gasteiger partial charge on any atom is -0.467 e. The van der Waals surface area contributed by atoms with Gasteiger partial charge in [-0.05, 0) is 30.7 Å². The minimum absolute atomic E-state index is 0.00759. The number of rotatable bonds is 5. The number of nitrogens with two attached hydrogens (primary N) is 1. The maximum Gasteiger partial charge on any atom is 0.228 e. The fourth-order valence-electron chi connectivity index (χ4n) is 1.99. The molecule has 0 bridgehead atoms. The highest BCUT2D eigenvalue weighted by molar-refractivity contribution is 5.94. The van der Waals surface area contributed by atoms with Crippen molar-refractivity contribution in [2.24, 2.45) is 5.73 Å². The summed E-state index contributed by atoms with van der Waals surface area (Å²) >= 11 is 0. The summed E-state index contributed by atoms with van der Waals surface area (Å²) in [5.74, 6) is 0.766. The third kappa shape index (κ3) is 3.23. The second-order valence-corrected chi connectivity index (χ2v) is 4.38.